The first kappa shape index (κ1) is 17.5. The summed E-state index contributed by atoms with van der Waals surface area (Å²) >= 11 is 0. The van der Waals surface area contributed by atoms with Crippen LogP contribution in [0.5, 0.6) is 17.2 Å². The van der Waals surface area contributed by atoms with Crippen LogP contribution in [0.15, 0.2) is 36.4 Å². The maximum atomic E-state index is 13.6. The molecule has 2 rings (SSSR count). The van der Waals surface area contributed by atoms with Gasteiger partial charge in [0, 0.05) is 0 Å². The summed E-state index contributed by atoms with van der Waals surface area (Å²) in [5.41, 5.74) is 0.244. The van der Waals surface area contributed by atoms with Gasteiger partial charge >= 0.3 is 0 Å². The highest BCUT2D eigenvalue weighted by atomic mass is 19.1. The highest BCUT2D eigenvalue weighted by Gasteiger charge is 2.13. The second kappa shape index (κ2) is 7.59. The first-order chi connectivity index (χ1) is 11.5. The number of allylic oxidation sites excluding steroid dienone is 1. The molecule has 0 heterocycles. The Balaban J connectivity index is 2.34. The summed E-state index contributed by atoms with van der Waals surface area (Å²) in [5.74, 6) is -0.862. The Hall–Kier alpha value is -2.89. The van der Waals surface area contributed by atoms with Crippen LogP contribution in [-0.4, -0.2) is 27.1 Å². The van der Waals surface area contributed by atoms with E-state index in [1.807, 2.05) is 0 Å². The number of hydrogen-bond acceptors (Lipinski definition) is 4. The van der Waals surface area contributed by atoms with Crippen LogP contribution in [-0.2, 0) is 0 Å². The minimum Gasteiger partial charge on any atom is -0.493 e. The average Bonchev–Trinajstić information content (AvgIpc) is 2.60. The molecule has 0 saturated carbocycles. The van der Waals surface area contributed by atoms with Gasteiger partial charge in [-0.3, -0.25) is 4.79 Å². The smallest absolute Gasteiger partial charge is 0.203 e. The zero-order chi connectivity index (χ0) is 17.7. The molecule has 0 atom stereocenters. The van der Waals surface area contributed by atoms with Gasteiger partial charge in [0.25, 0.3) is 0 Å². The van der Waals surface area contributed by atoms with Crippen molar-refractivity contribution < 1.29 is 27.8 Å². The SMILES string of the molecule is COc1cc(/C=C/C(=O)c2cc(F)ccc2F)cc(OC)c1OC. The molecule has 0 fully saturated rings. The standard InChI is InChI=1S/C18H16F2O4/c1-22-16-8-11(9-17(23-2)18(16)24-3)4-7-15(21)13-10-12(19)5-6-14(13)20/h4-10H,1-3H3/b7-4+. The number of carbonyl (C=O) groups is 1. The van der Waals surface area contributed by atoms with Crippen LogP contribution in [0.3, 0.4) is 0 Å². The van der Waals surface area contributed by atoms with Gasteiger partial charge in [-0.1, -0.05) is 6.08 Å². The van der Waals surface area contributed by atoms with Crippen LogP contribution in [0.2, 0.25) is 0 Å². The van der Waals surface area contributed by atoms with Crippen LogP contribution in [0.4, 0.5) is 8.78 Å². The predicted octanol–water partition coefficient (Wildman–Crippen LogP) is 3.89. The van der Waals surface area contributed by atoms with Crippen molar-refractivity contribution in [3.8, 4) is 17.2 Å². The summed E-state index contributed by atoms with van der Waals surface area (Å²) < 4.78 is 42.4. The van der Waals surface area contributed by atoms with Crippen molar-refractivity contribution in [2.45, 2.75) is 0 Å². The van der Waals surface area contributed by atoms with Gasteiger partial charge in [-0.15, -0.1) is 0 Å². The quantitative estimate of drug-likeness (QED) is 0.594. The van der Waals surface area contributed by atoms with E-state index in [1.54, 1.807) is 12.1 Å². The third kappa shape index (κ3) is 3.71. The Bertz CT molecular complexity index is 760. The zero-order valence-electron chi connectivity index (χ0n) is 13.4. The van der Waals surface area contributed by atoms with E-state index in [0.717, 1.165) is 24.3 Å². The summed E-state index contributed by atoms with van der Waals surface area (Å²) in [6, 6.07) is 5.99. The molecule has 0 unspecified atom stereocenters. The number of hydrogen-bond donors (Lipinski definition) is 0. The van der Waals surface area contributed by atoms with E-state index in [0.29, 0.717) is 22.8 Å². The monoisotopic (exact) mass is 334 g/mol. The molecule has 0 bridgehead atoms. The van der Waals surface area contributed by atoms with Gasteiger partial charge in [-0.25, -0.2) is 8.78 Å². The maximum Gasteiger partial charge on any atom is 0.203 e. The molecule has 6 heteroatoms. The summed E-state index contributed by atoms with van der Waals surface area (Å²) in [4.78, 5) is 12.0. The van der Waals surface area contributed by atoms with Crippen molar-refractivity contribution in [2.75, 3.05) is 21.3 Å². The topological polar surface area (TPSA) is 44.8 Å². The van der Waals surface area contributed by atoms with Crippen molar-refractivity contribution >= 4 is 11.9 Å². The van der Waals surface area contributed by atoms with Gasteiger partial charge in [0.05, 0.1) is 26.9 Å². The normalized spacial score (nSPS) is 10.7. The molecule has 0 amide bonds. The molecule has 0 aliphatic rings. The maximum absolute atomic E-state index is 13.6. The fourth-order valence-corrected chi connectivity index (χ4v) is 2.15. The highest BCUT2D eigenvalue weighted by Crippen LogP contribution is 2.38. The van der Waals surface area contributed by atoms with E-state index < -0.39 is 17.4 Å². The molecule has 0 aromatic heterocycles. The fraction of sp³-hybridized carbons (Fsp3) is 0.167. The second-order valence-electron chi connectivity index (χ2n) is 4.78. The number of ketones is 1. The Morgan fingerprint density at radius 1 is 0.958 bits per heavy atom. The average molecular weight is 334 g/mol. The highest BCUT2D eigenvalue weighted by molar-refractivity contribution is 6.07. The largest absolute Gasteiger partial charge is 0.493 e. The van der Waals surface area contributed by atoms with Crippen LogP contribution >= 0.6 is 0 Å². The molecular weight excluding hydrogens is 318 g/mol. The molecule has 0 aliphatic carbocycles. The summed E-state index contributed by atoms with van der Waals surface area (Å²) in [6.07, 6.45) is 2.61. The molecule has 0 N–H and O–H groups in total. The molecule has 0 radical (unpaired) electrons. The molecular formula is C18H16F2O4. The molecule has 126 valence electrons. The number of ether oxygens (including phenoxy) is 3. The third-order valence-electron chi connectivity index (χ3n) is 3.31. The lowest BCUT2D eigenvalue weighted by atomic mass is 10.1. The molecule has 2 aromatic rings. The van der Waals surface area contributed by atoms with E-state index in [9.17, 15) is 13.6 Å². The predicted molar refractivity (Wildman–Crippen MR) is 85.8 cm³/mol. The van der Waals surface area contributed by atoms with Gasteiger partial charge in [0.2, 0.25) is 5.75 Å². The van der Waals surface area contributed by atoms with Crippen LogP contribution in [0, 0.1) is 11.6 Å². The third-order valence-corrected chi connectivity index (χ3v) is 3.31. The van der Waals surface area contributed by atoms with Gasteiger partial charge in [0.1, 0.15) is 11.6 Å². The van der Waals surface area contributed by atoms with Crippen LogP contribution < -0.4 is 14.2 Å². The van der Waals surface area contributed by atoms with Gasteiger partial charge in [-0.2, -0.15) is 0 Å². The fourth-order valence-electron chi connectivity index (χ4n) is 2.15. The number of methoxy groups -OCH3 is 3. The number of rotatable bonds is 6. The Morgan fingerprint density at radius 2 is 1.58 bits per heavy atom. The second-order valence-corrected chi connectivity index (χ2v) is 4.78. The minimum absolute atomic E-state index is 0.335. The van der Waals surface area contributed by atoms with E-state index >= 15 is 0 Å². The lowest BCUT2D eigenvalue weighted by molar-refractivity contribution is 0.104. The van der Waals surface area contributed by atoms with Crippen molar-refractivity contribution in [1.29, 1.82) is 0 Å². The Labute approximate surface area is 138 Å². The van der Waals surface area contributed by atoms with Crippen LogP contribution in [0.1, 0.15) is 15.9 Å². The minimum atomic E-state index is -0.782. The van der Waals surface area contributed by atoms with Crippen molar-refractivity contribution in [1.82, 2.24) is 0 Å². The van der Waals surface area contributed by atoms with Gasteiger partial charge < -0.3 is 14.2 Å². The molecule has 0 saturated heterocycles. The molecule has 4 nitrogen and oxygen atoms in total. The van der Waals surface area contributed by atoms with E-state index in [-0.39, 0.29) is 5.56 Å². The van der Waals surface area contributed by atoms with Crippen LogP contribution in [0.25, 0.3) is 6.08 Å². The molecule has 0 aliphatic heterocycles. The molecule has 24 heavy (non-hydrogen) atoms. The molecule has 0 spiro atoms. The van der Waals surface area contributed by atoms with Crippen molar-refractivity contribution in [3.05, 3.63) is 59.2 Å². The number of halogens is 2. The lowest BCUT2D eigenvalue weighted by Gasteiger charge is -2.12. The first-order valence-corrected chi connectivity index (χ1v) is 6.97. The summed E-state index contributed by atoms with van der Waals surface area (Å²) in [7, 11) is 4.42. The van der Waals surface area contributed by atoms with Gasteiger partial charge in [0.15, 0.2) is 17.3 Å². The Kier molecular flexibility index (Phi) is 5.52. The van der Waals surface area contributed by atoms with Gasteiger partial charge in [-0.05, 0) is 42.0 Å². The summed E-state index contributed by atoms with van der Waals surface area (Å²) in [5, 5.41) is 0. The lowest BCUT2D eigenvalue weighted by Crippen LogP contribution is -1.99. The zero-order valence-corrected chi connectivity index (χ0v) is 13.4. The van der Waals surface area contributed by atoms with E-state index in [1.165, 1.54) is 27.4 Å². The number of carbonyl (C=O) groups excluding carboxylic acids is 1. The first-order valence-electron chi connectivity index (χ1n) is 6.97. The molecule has 2 aromatic carbocycles. The van der Waals surface area contributed by atoms with E-state index in [2.05, 4.69) is 0 Å². The summed E-state index contributed by atoms with van der Waals surface area (Å²) in [6.45, 7) is 0. The van der Waals surface area contributed by atoms with E-state index in [4.69, 9.17) is 14.2 Å². The van der Waals surface area contributed by atoms with Crippen molar-refractivity contribution in [2.24, 2.45) is 0 Å². The Morgan fingerprint density at radius 3 is 2.12 bits per heavy atom. The number of benzene rings is 2. The van der Waals surface area contributed by atoms with Crippen molar-refractivity contribution in [3.63, 3.8) is 0 Å².